The quantitative estimate of drug-likeness (QED) is 0.653. The van der Waals surface area contributed by atoms with E-state index in [0.29, 0.717) is 35.4 Å². The summed E-state index contributed by atoms with van der Waals surface area (Å²) in [5.41, 5.74) is 1.73. The normalized spacial score (nSPS) is 23.3. The molecular formula is C24H28BrN2O3+. The number of fused-ring (bicyclic) bond motifs is 1. The van der Waals surface area contributed by atoms with Gasteiger partial charge in [-0.1, -0.05) is 22.0 Å². The number of anilines is 1. The average Bonchev–Trinajstić information content (AvgIpc) is 2.78. The number of piperidine rings is 2. The van der Waals surface area contributed by atoms with Gasteiger partial charge < -0.3 is 15.0 Å². The van der Waals surface area contributed by atoms with E-state index in [9.17, 15) is 9.59 Å². The third-order valence-corrected chi connectivity index (χ3v) is 6.82. The lowest BCUT2D eigenvalue weighted by Crippen LogP contribution is -3.18. The Labute approximate surface area is 185 Å². The van der Waals surface area contributed by atoms with Gasteiger partial charge in [0.1, 0.15) is 6.61 Å². The van der Waals surface area contributed by atoms with Gasteiger partial charge >= 0.3 is 5.97 Å². The zero-order valence-corrected chi connectivity index (χ0v) is 18.6. The third-order valence-electron chi connectivity index (χ3n) is 6.32. The lowest BCUT2D eigenvalue weighted by atomic mass is 9.84. The van der Waals surface area contributed by atoms with Crippen LogP contribution in [0.2, 0.25) is 0 Å². The summed E-state index contributed by atoms with van der Waals surface area (Å²) in [6, 6.07) is 14.7. The number of benzene rings is 2. The van der Waals surface area contributed by atoms with Gasteiger partial charge in [-0.3, -0.25) is 4.79 Å². The van der Waals surface area contributed by atoms with Crippen LogP contribution in [0.3, 0.4) is 0 Å². The van der Waals surface area contributed by atoms with Crippen molar-refractivity contribution in [1.29, 1.82) is 0 Å². The van der Waals surface area contributed by atoms with Crippen LogP contribution in [0.1, 0.15) is 52.8 Å². The molecule has 30 heavy (non-hydrogen) atoms. The van der Waals surface area contributed by atoms with Crippen molar-refractivity contribution in [3.63, 3.8) is 0 Å². The largest absolute Gasteiger partial charge is 0.462 e. The molecule has 2 N–H and O–H groups in total. The fourth-order valence-corrected chi connectivity index (χ4v) is 5.17. The number of esters is 1. The fourth-order valence-electron chi connectivity index (χ4n) is 4.77. The molecule has 3 atom stereocenters. The number of hydrogen-bond acceptors (Lipinski definition) is 3. The van der Waals surface area contributed by atoms with Crippen LogP contribution >= 0.6 is 15.9 Å². The molecule has 2 heterocycles. The minimum atomic E-state index is -0.289. The fraction of sp³-hybridized carbons (Fsp3) is 0.417. The van der Waals surface area contributed by atoms with Gasteiger partial charge in [-0.05, 0) is 74.6 Å². The Morgan fingerprint density at radius 1 is 1.00 bits per heavy atom. The number of carbonyl (C=O) groups is 2. The van der Waals surface area contributed by atoms with Crippen molar-refractivity contribution >= 4 is 33.5 Å². The molecule has 0 bridgehead atoms. The first kappa shape index (κ1) is 21.1. The van der Waals surface area contributed by atoms with Crippen LogP contribution in [0.25, 0.3) is 0 Å². The molecule has 158 valence electrons. The summed E-state index contributed by atoms with van der Waals surface area (Å²) in [6.45, 7) is 3.04. The van der Waals surface area contributed by atoms with Crippen molar-refractivity contribution in [2.24, 2.45) is 5.92 Å². The summed E-state index contributed by atoms with van der Waals surface area (Å²) < 4.78 is 6.53. The predicted octanol–water partition coefficient (Wildman–Crippen LogP) is 3.71. The Morgan fingerprint density at radius 2 is 1.80 bits per heavy atom. The maximum atomic E-state index is 12.5. The molecule has 2 aliphatic heterocycles. The predicted molar refractivity (Wildman–Crippen MR) is 120 cm³/mol. The summed E-state index contributed by atoms with van der Waals surface area (Å²) in [7, 11) is 0. The van der Waals surface area contributed by atoms with Gasteiger partial charge in [0.15, 0.2) is 0 Å². The van der Waals surface area contributed by atoms with Crippen LogP contribution in [-0.2, 0) is 4.74 Å². The highest BCUT2D eigenvalue weighted by molar-refractivity contribution is 9.10. The second kappa shape index (κ2) is 9.75. The Kier molecular flexibility index (Phi) is 6.85. The van der Waals surface area contributed by atoms with Crippen LogP contribution in [-0.4, -0.2) is 37.6 Å². The highest BCUT2D eigenvalue weighted by Gasteiger charge is 2.37. The van der Waals surface area contributed by atoms with E-state index in [-0.39, 0.29) is 11.9 Å². The number of amides is 1. The Hall–Kier alpha value is -2.18. The summed E-state index contributed by atoms with van der Waals surface area (Å²) >= 11 is 3.37. The zero-order valence-electron chi connectivity index (χ0n) is 17.0. The van der Waals surface area contributed by atoms with E-state index in [0.717, 1.165) is 10.9 Å². The number of ether oxygens (including phenoxy) is 1. The summed E-state index contributed by atoms with van der Waals surface area (Å²) in [6.07, 6.45) is 6.25. The second-order valence-electron chi connectivity index (χ2n) is 8.30. The molecule has 0 spiro atoms. The van der Waals surface area contributed by atoms with Crippen LogP contribution in [0.15, 0.2) is 53.0 Å². The van der Waals surface area contributed by atoms with Gasteiger partial charge in [0.25, 0.3) is 5.91 Å². The maximum absolute atomic E-state index is 12.5. The zero-order chi connectivity index (χ0) is 20.9. The lowest BCUT2D eigenvalue weighted by Gasteiger charge is -2.40. The van der Waals surface area contributed by atoms with E-state index in [1.165, 1.54) is 38.8 Å². The van der Waals surface area contributed by atoms with Crippen LogP contribution in [0.4, 0.5) is 5.69 Å². The molecule has 2 fully saturated rings. The van der Waals surface area contributed by atoms with Crippen LogP contribution in [0.5, 0.6) is 0 Å². The first-order valence-electron chi connectivity index (χ1n) is 10.8. The number of carbonyl (C=O) groups excluding carboxylic acids is 2. The first-order valence-corrected chi connectivity index (χ1v) is 11.6. The minimum Gasteiger partial charge on any atom is -0.462 e. The van der Waals surface area contributed by atoms with Crippen molar-refractivity contribution in [2.75, 3.05) is 25.0 Å². The smallest absolute Gasteiger partial charge is 0.338 e. The molecule has 6 heteroatoms. The van der Waals surface area contributed by atoms with E-state index >= 15 is 0 Å². The van der Waals surface area contributed by atoms with E-state index in [2.05, 4.69) is 21.2 Å². The van der Waals surface area contributed by atoms with Crippen molar-refractivity contribution in [3.8, 4) is 0 Å². The summed E-state index contributed by atoms with van der Waals surface area (Å²) in [5, 5.41) is 2.85. The van der Waals surface area contributed by atoms with Crippen molar-refractivity contribution in [1.82, 2.24) is 0 Å². The second-order valence-corrected chi connectivity index (χ2v) is 9.22. The molecule has 3 unspecified atom stereocenters. The molecule has 1 amide bonds. The van der Waals surface area contributed by atoms with Crippen molar-refractivity contribution in [3.05, 3.63) is 64.1 Å². The molecule has 0 saturated carbocycles. The topological polar surface area (TPSA) is 59.8 Å². The Morgan fingerprint density at radius 3 is 2.60 bits per heavy atom. The molecule has 4 rings (SSSR count). The highest BCUT2D eigenvalue weighted by Crippen LogP contribution is 2.21. The highest BCUT2D eigenvalue weighted by atomic mass is 79.9. The van der Waals surface area contributed by atoms with Crippen LogP contribution in [0, 0.1) is 5.92 Å². The average molecular weight is 472 g/mol. The van der Waals surface area contributed by atoms with Gasteiger partial charge in [-0.25, -0.2) is 4.79 Å². The number of quaternary nitrogens is 1. The number of hydrogen-bond donors (Lipinski definition) is 2. The molecule has 2 aromatic carbocycles. The molecule has 2 aliphatic rings. The van der Waals surface area contributed by atoms with E-state index < -0.39 is 0 Å². The van der Waals surface area contributed by atoms with E-state index in [4.69, 9.17) is 4.74 Å². The molecule has 5 nitrogen and oxygen atoms in total. The monoisotopic (exact) mass is 471 g/mol. The number of halogens is 1. The number of nitrogens with one attached hydrogen (secondary N) is 2. The summed E-state index contributed by atoms with van der Waals surface area (Å²) in [5.74, 6) is -0.00646. The molecular weight excluding hydrogens is 444 g/mol. The summed E-state index contributed by atoms with van der Waals surface area (Å²) in [4.78, 5) is 26.6. The molecule has 0 aliphatic carbocycles. The first-order chi connectivity index (χ1) is 14.6. The van der Waals surface area contributed by atoms with Crippen molar-refractivity contribution < 1.29 is 19.2 Å². The molecule has 0 aromatic heterocycles. The maximum Gasteiger partial charge on any atom is 0.338 e. The van der Waals surface area contributed by atoms with Gasteiger partial charge in [0.2, 0.25) is 0 Å². The minimum absolute atomic E-state index is 0.191. The Bertz CT molecular complexity index is 898. The van der Waals surface area contributed by atoms with Crippen LogP contribution < -0.4 is 10.2 Å². The molecule has 2 saturated heterocycles. The lowest BCUT2D eigenvalue weighted by molar-refractivity contribution is -0.940. The number of rotatable bonds is 5. The van der Waals surface area contributed by atoms with Gasteiger partial charge in [-0.2, -0.15) is 0 Å². The molecule has 0 radical (unpaired) electrons. The van der Waals surface area contributed by atoms with Gasteiger partial charge in [0.05, 0.1) is 24.7 Å². The van der Waals surface area contributed by atoms with Gasteiger partial charge in [-0.15, -0.1) is 0 Å². The third kappa shape index (κ3) is 5.10. The van der Waals surface area contributed by atoms with Gasteiger partial charge in [0, 0.05) is 21.6 Å². The SMILES string of the molecule is O=C(Nc1ccc(C(=O)OCC2CCC[NH+]3CCCCC23)cc1)c1cccc(Br)c1. The van der Waals surface area contributed by atoms with E-state index in [1.54, 1.807) is 41.3 Å². The van der Waals surface area contributed by atoms with E-state index in [1.807, 2.05) is 12.1 Å². The van der Waals surface area contributed by atoms with Crippen molar-refractivity contribution in [2.45, 2.75) is 38.1 Å². The Balaban J connectivity index is 1.31. The molecule has 2 aromatic rings. The standard InChI is InChI=1S/C24H27BrN2O3/c25-20-7-3-5-18(15-20)23(28)26-21-11-9-17(10-12-21)24(29)30-16-19-6-4-14-27-13-2-1-8-22(19)27/h3,5,7,9-12,15,19,22H,1-2,4,6,8,13-14,16H2,(H,26,28)/p+1.